The molecular weight excluding hydrogens is 290 g/mol. The van der Waals surface area contributed by atoms with Crippen molar-refractivity contribution in [2.45, 2.75) is 19.8 Å². The molecule has 0 atom stereocenters. The molecule has 0 amide bonds. The van der Waals surface area contributed by atoms with Crippen LogP contribution in [0.4, 0.5) is 5.69 Å². The monoisotopic (exact) mass is 311 g/mol. The molecule has 5 nitrogen and oxygen atoms in total. The summed E-state index contributed by atoms with van der Waals surface area (Å²) < 4.78 is 31.1. The second-order valence-corrected chi connectivity index (χ2v) is 6.26. The highest BCUT2D eigenvalue weighted by molar-refractivity contribution is 7.92. The maximum absolute atomic E-state index is 11.9. The van der Waals surface area contributed by atoms with E-state index < -0.39 is 10.0 Å². The lowest BCUT2D eigenvalue weighted by atomic mass is 10.1. The van der Waals surface area contributed by atoms with Crippen molar-refractivity contribution in [3.05, 3.63) is 29.3 Å². The van der Waals surface area contributed by atoms with Crippen molar-refractivity contribution in [3.8, 4) is 11.8 Å². The van der Waals surface area contributed by atoms with Gasteiger partial charge in [-0.1, -0.05) is 18.8 Å². The van der Waals surface area contributed by atoms with Crippen molar-refractivity contribution < 1.29 is 18.3 Å². The fourth-order valence-electron chi connectivity index (χ4n) is 1.70. The van der Waals surface area contributed by atoms with Gasteiger partial charge in [0, 0.05) is 19.1 Å². The average Bonchev–Trinajstić information content (AvgIpc) is 2.46. The molecule has 0 aliphatic carbocycles. The quantitative estimate of drug-likeness (QED) is 0.746. The van der Waals surface area contributed by atoms with E-state index in [9.17, 15) is 8.42 Å². The zero-order valence-electron chi connectivity index (χ0n) is 12.3. The Morgan fingerprint density at radius 1 is 1.38 bits per heavy atom. The van der Waals surface area contributed by atoms with E-state index in [4.69, 9.17) is 9.84 Å². The van der Waals surface area contributed by atoms with Gasteiger partial charge < -0.3 is 9.84 Å². The van der Waals surface area contributed by atoms with Crippen molar-refractivity contribution in [2.75, 3.05) is 30.8 Å². The highest BCUT2D eigenvalue weighted by atomic mass is 32.2. The Bertz CT molecular complexity index is 614. The van der Waals surface area contributed by atoms with Crippen molar-refractivity contribution in [1.29, 1.82) is 0 Å². The summed E-state index contributed by atoms with van der Waals surface area (Å²) >= 11 is 0. The number of hydrogen-bond acceptors (Lipinski definition) is 4. The van der Waals surface area contributed by atoms with E-state index in [0.29, 0.717) is 18.5 Å². The van der Waals surface area contributed by atoms with Crippen LogP contribution in [0.25, 0.3) is 0 Å². The lowest BCUT2D eigenvalue weighted by Crippen LogP contribution is -2.20. The Labute approximate surface area is 126 Å². The molecule has 6 heteroatoms. The molecule has 0 aliphatic heterocycles. The number of aliphatic hydroxyl groups excluding tert-OH is 1. The van der Waals surface area contributed by atoms with E-state index in [1.165, 1.54) is 7.11 Å². The van der Waals surface area contributed by atoms with E-state index in [2.05, 4.69) is 16.6 Å². The van der Waals surface area contributed by atoms with Crippen LogP contribution in [0.1, 0.15) is 24.5 Å². The second-order valence-electron chi connectivity index (χ2n) is 4.41. The maximum atomic E-state index is 11.9. The largest absolute Gasteiger partial charge is 0.395 e. The van der Waals surface area contributed by atoms with Crippen molar-refractivity contribution in [1.82, 2.24) is 0 Å². The molecule has 0 bridgehead atoms. The fourth-order valence-corrected chi connectivity index (χ4v) is 2.72. The minimum Gasteiger partial charge on any atom is -0.395 e. The number of benzene rings is 1. The van der Waals surface area contributed by atoms with Gasteiger partial charge >= 0.3 is 0 Å². The van der Waals surface area contributed by atoms with Gasteiger partial charge in [-0.25, -0.2) is 8.42 Å². The second kappa shape index (κ2) is 8.67. The summed E-state index contributed by atoms with van der Waals surface area (Å²) in [6.45, 7) is 2.14. The normalized spacial score (nSPS) is 10.8. The number of ether oxygens (including phenoxy) is 1. The van der Waals surface area contributed by atoms with Gasteiger partial charge in [-0.15, -0.1) is 0 Å². The highest BCUT2D eigenvalue weighted by Gasteiger charge is 2.12. The zero-order valence-corrected chi connectivity index (χ0v) is 13.2. The molecule has 0 radical (unpaired) electrons. The van der Waals surface area contributed by atoms with Gasteiger partial charge in [0.05, 0.1) is 24.7 Å². The van der Waals surface area contributed by atoms with E-state index in [-0.39, 0.29) is 19.0 Å². The molecule has 1 aromatic carbocycles. The van der Waals surface area contributed by atoms with Gasteiger partial charge in [0.25, 0.3) is 0 Å². The molecule has 0 heterocycles. The minimum atomic E-state index is -3.41. The van der Waals surface area contributed by atoms with Gasteiger partial charge in [-0.2, -0.15) is 0 Å². The van der Waals surface area contributed by atoms with Crippen molar-refractivity contribution in [3.63, 3.8) is 0 Å². The van der Waals surface area contributed by atoms with Gasteiger partial charge in [-0.05, 0) is 30.2 Å². The molecule has 2 N–H and O–H groups in total. The number of aryl methyl sites for hydroxylation is 1. The van der Waals surface area contributed by atoms with E-state index in [0.717, 1.165) is 11.1 Å². The summed E-state index contributed by atoms with van der Waals surface area (Å²) in [5.41, 5.74) is 2.26. The molecule has 1 rings (SSSR count). The van der Waals surface area contributed by atoms with Crippen LogP contribution < -0.4 is 4.72 Å². The maximum Gasteiger partial charge on any atom is 0.235 e. The Morgan fingerprint density at radius 3 is 2.76 bits per heavy atom. The number of hydrogen-bond donors (Lipinski definition) is 2. The minimum absolute atomic E-state index is 0.0328. The Hall–Kier alpha value is -1.55. The third-order valence-electron chi connectivity index (χ3n) is 2.78. The topological polar surface area (TPSA) is 75.6 Å². The third kappa shape index (κ3) is 6.17. The first-order chi connectivity index (χ1) is 10.0. The summed E-state index contributed by atoms with van der Waals surface area (Å²) in [6, 6.07) is 5.34. The molecule has 0 saturated carbocycles. The van der Waals surface area contributed by atoms with Crippen LogP contribution in [-0.4, -0.2) is 39.6 Å². The Balaban J connectivity index is 2.92. The number of aliphatic hydroxyl groups is 1. The summed E-state index contributed by atoms with van der Waals surface area (Å²) in [7, 11) is -1.94. The van der Waals surface area contributed by atoms with Crippen molar-refractivity contribution >= 4 is 15.7 Å². The zero-order chi connectivity index (χ0) is 15.7. The number of rotatable bonds is 7. The fraction of sp³-hybridized carbons (Fsp3) is 0.467. The smallest absolute Gasteiger partial charge is 0.235 e. The average molecular weight is 311 g/mol. The molecule has 1 aromatic rings. The first-order valence-corrected chi connectivity index (χ1v) is 8.39. The van der Waals surface area contributed by atoms with Crippen LogP contribution in [0.5, 0.6) is 0 Å². The van der Waals surface area contributed by atoms with Crippen molar-refractivity contribution in [2.24, 2.45) is 0 Å². The summed E-state index contributed by atoms with van der Waals surface area (Å²) in [5, 5.41) is 8.70. The number of anilines is 1. The summed E-state index contributed by atoms with van der Waals surface area (Å²) in [4.78, 5) is 0. The molecule has 0 fully saturated rings. The molecule has 0 aliphatic rings. The molecule has 0 aromatic heterocycles. The Morgan fingerprint density at radius 2 is 2.14 bits per heavy atom. The number of nitrogens with one attached hydrogen (secondary N) is 1. The first kappa shape index (κ1) is 17.5. The van der Waals surface area contributed by atoms with Crippen LogP contribution in [0, 0.1) is 11.8 Å². The SMILES string of the molecule is CCc1cc(C#CCCO)ccc1NS(=O)(=O)CCOC. The van der Waals surface area contributed by atoms with Gasteiger partial charge in [-0.3, -0.25) is 4.72 Å². The van der Waals surface area contributed by atoms with Gasteiger partial charge in [0.1, 0.15) is 0 Å². The lowest BCUT2D eigenvalue weighted by Gasteiger charge is -2.12. The van der Waals surface area contributed by atoms with Crippen LogP contribution in [0.2, 0.25) is 0 Å². The number of sulfonamides is 1. The molecule has 0 spiro atoms. The van der Waals surface area contributed by atoms with Crippen LogP contribution in [-0.2, 0) is 21.2 Å². The van der Waals surface area contributed by atoms with E-state index >= 15 is 0 Å². The van der Waals surface area contributed by atoms with Crippen LogP contribution >= 0.6 is 0 Å². The predicted molar refractivity (Wildman–Crippen MR) is 83.7 cm³/mol. The van der Waals surface area contributed by atoms with E-state index in [1.54, 1.807) is 12.1 Å². The molecule has 0 unspecified atom stereocenters. The first-order valence-electron chi connectivity index (χ1n) is 6.74. The molecule has 116 valence electrons. The summed E-state index contributed by atoms with van der Waals surface area (Å²) in [5.74, 6) is 5.70. The van der Waals surface area contributed by atoms with Gasteiger partial charge in [0.2, 0.25) is 10.0 Å². The molecule has 21 heavy (non-hydrogen) atoms. The summed E-state index contributed by atoms with van der Waals surface area (Å²) in [6.07, 6.45) is 1.12. The van der Waals surface area contributed by atoms with Crippen LogP contribution in [0.15, 0.2) is 18.2 Å². The lowest BCUT2D eigenvalue weighted by molar-refractivity contribution is 0.217. The van der Waals surface area contributed by atoms with Gasteiger partial charge in [0.15, 0.2) is 0 Å². The number of methoxy groups -OCH3 is 1. The van der Waals surface area contributed by atoms with E-state index in [1.807, 2.05) is 13.0 Å². The highest BCUT2D eigenvalue weighted by Crippen LogP contribution is 2.19. The molecule has 0 saturated heterocycles. The standard InChI is InChI=1S/C15H21NO4S/c1-3-14-12-13(6-4-5-9-17)7-8-15(14)16-21(18,19)11-10-20-2/h7-8,12,16-17H,3,5,9-11H2,1-2H3. The molecular formula is C15H21NO4S. The van der Waals surface area contributed by atoms with Crippen LogP contribution in [0.3, 0.4) is 0 Å². The predicted octanol–water partition coefficient (Wildman–Crippen LogP) is 1.37. The Kier molecular flexibility index (Phi) is 7.23. The third-order valence-corrected chi connectivity index (χ3v) is 4.01.